The topological polar surface area (TPSA) is 122 Å². The molecule has 0 radical (unpaired) electrons. The highest BCUT2D eigenvalue weighted by molar-refractivity contribution is 7.12. The Morgan fingerprint density at radius 3 is 2.62 bits per heavy atom. The van der Waals surface area contributed by atoms with Gasteiger partial charge in [-0.25, -0.2) is 0 Å². The van der Waals surface area contributed by atoms with Crippen LogP contribution in [-0.2, 0) is 0 Å². The van der Waals surface area contributed by atoms with Crippen molar-refractivity contribution in [2.75, 3.05) is 5.23 Å². The Balaban J connectivity index is 2.16. The van der Waals surface area contributed by atoms with E-state index in [1.807, 2.05) is 0 Å². The first-order valence-electron chi connectivity index (χ1n) is 5.53. The summed E-state index contributed by atoms with van der Waals surface area (Å²) in [6, 6.07) is 6.46. The fourth-order valence-electron chi connectivity index (χ4n) is 1.45. The monoisotopic (exact) mass is 309 g/mol. The number of carboxylic acids is 1. The molecule has 0 saturated heterocycles. The molecule has 0 fully saturated rings. The number of amides is 1. The lowest BCUT2D eigenvalue weighted by Gasteiger charge is -2.15. The predicted octanol–water partition coefficient (Wildman–Crippen LogP) is 0.420. The first-order valence-corrected chi connectivity index (χ1v) is 6.41. The molecule has 0 atom stereocenters. The van der Waals surface area contributed by atoms with Gasteiger partial charge in [-0.05, 0) is 35.2 Å². The summed E-state index contributed by atoms with van der Waals surface area (Å²) in [5.41, 5.74) is 1.45. The molecule has 0 aliphatic heterocycles. The number of carbonyl (C=O) groups is 2. The van der Waals surface area contributed by atoms with Crippen molar-refractivity contribution in [3.8, 4) is 5.75 Å². The van der Waals surface area contributed by atoms with Crippen molar-refractivity contribution in [1.29, 1.82) is 0 Å². The van der Waals surface area contributed by atoms with Crippen molar-refractivity contribution < 1.29 is 29.9 Å². The molecule has 1 heterocycles. The van der Waals surface area contributed by atoms with E-state index in [-0.39, 0.29) is 22.2 Å². The molecule has 1 aromatic heterocycles. The molecule has 0 saturated carbocycles. The largest absolute Gasteiger partial charge is 0.545 e. The van der Waals surface area contributed by atoms with Gasteiger partial charge in [0.1, 0.15) is 5.69 Å². The fraction of sp³-hybridized carbons (Fsp3) is 0. The standard InChI is InChI=1S/C12H10N2O6S/c15-11(10-2-1-5-21-10)13-20-9-4-3-7(12(16)17)6-8(9)14(18)19/h1-6,18-19H,(H,13,15)(H,16,17)/p-1. The number of benzene rings is 1. The number of carbonyl (C=O) groups excluding carboxylic acids is 2. The SMILES string of the molecule is O=C([O-])c1ccc(ONC(=O)c2cccs2)c(N(O)O)c1. The van der Waals surface area contributed by atoms with Crippen LogP contribution in [0.5, 0.6) is 5.75 Å². The van der Waals surface area contributed by atoms with Gasteiger partial charge in [-0.3, -0.25) is 15.2 Å². The molecule has 1 amide bonds. The summed E-state index contributed by atoms with van der Waals surface area (Å²) in [6.07, 6.45) is 0. The molecule has 21 heavy (non-hydrogen) atoms. The minimum Gasteiger partial charge on any atom is -0.545 e. The highest BCUT2D eigenvalue weighted by Gasteiger charge is 2.13. The minimum atomic E-state index is -1.49. The molecular weight excluding hydrogens is 300 g/mol. The van der Waals surface area contributed by atoms with Crippen LogP contribution in [0.4, 0.5) is 5.69 Å². The van der Waals surface area contributed by atoms with E-state index < -0.39 is 11.9 Å². The minimum absolute atomic E-state index is 0.157. The van der Waals surface area contributed by atoms with Gasteiger partial charge in [0.15, 0.2) is 5.75 Å². The summed E-state index contributed by atoms with van der Waals surface area (Å²) in [6.45, 7) is 0. The number of rotatable bonds is 5. The van der Waals surface area contributed by atoms with Gasteiger partial charge in [0.25, 0.3) is 5.91 Å². The van der Waals surface area contributed by atoms with Crippen LogP contribution in [0.25, 0.3) is 0 Å². The number of hydroxylamine groups is 1. The molecule has 0 spiro atoms. The average Bonchev–Trinajstić information content (AvgIpc) is 2.98. The van der Waals surface area contributed by atoms with E-state index in [2.05, 4.69) is 5.48 Å². The van der Waals surface area contributed by atoms with Gasteiger partial charge in [0.2, 0.25) is 0 Å². The Kier molecular flexibility index (Phi) is 4.38. The van der Waals surface area contributed by atoms with Gasteiger partial charge in [0, 0.05) is 0 Å². The Hall–Kier alpha value is -2.62. The molecule has 0 bridgehead atoms. The quantitative estimate of drug-likeness (QED) is 0.684. The van der Waals surface area contributed by atoms with Crippen LogP contribution in [0.2, 0.25) is 0 Å². The first-order chi connectivity index (χ1) is 9.99. The number of carboxylic acid groups (broad SMARTS) is 1. The number of nitrogens with zero attached hydrogens (tertiary/aromatic N) is 1. The van der Waals surface area contributed by atoms with E-state index >= 15 is 0 Å². The average molecular weight is 309 g/mol. The van der Waals surface area contributed by atoms with Gasteiger partial charge < -0.3 is 14.7 Å². The van der Waals surface area contributed by atoms with Crippen molar-refractivity contribution >= 4 is 28.9 Å². The Bertz CT molecular complexity index is 656. The molecule has 3 N–H and O–H groups in total. The van der Waals surface area contributed by atoms with Crippen molar-refractivity contribution in [1.82, 2.24) is 5.48 Å². The van der Waals surface area contributed by atoms with Crippen LogP contribution in [-0.4, -0.2) is 22.3 Å². The first kappa shape index (κ1) is 14.8. The maximum Gasteiger partial charge on any atom is 0.293 e. The lowest BCUT2D eigenvalue weighted by Crippen LogP contribution is -2.28. The number of hydrogen-bond acceptors (Lipinski definition) is 8. The van der Waals surface area contributed by atoms with Crippen LogP contribution < -0.4 is 20.7 Å². The Morgan fingerprint density at radius 2 is 2.05 bits per heavy atom. The van der Waals surface area contributed by atoms with Crippen LogP contribution >= 0.6 is 11.3 Å². The number of nitrogens with one attached hydrogen (secondary N) is 1. The van der Waals surface area contributed by atoms with Crippen LogP contribution in [0.1, 0.15) is 20.0 Å². The zero-order valence-electron chi connectivity index (χ0n) is 10.3. The molecule has 2 aromatic rings. The van der Waals surface area contributed by atoms with Crippen LogP contribution in [0, 0.1) is 0 Å². The summed E-state index contributed by atoms with van der Waals surface area (Å²) in [7, 11) is 0. The fourth-order valence-corrected chi connectivity index (χ4v) is 2.06. The van der Waals surface area contributed by atoms with E-state index in [0.29, 0.717) is 4.88 Å². The third-order valence-electron chi connectivity index (χ3n) is 2.41. The molecule has 0 unspecified atom stereocenters. The predicted molar refractivity (Wildman–Crippen MR) is 69.2 cm³/mol. The molecular formula is C12H9N2O6S-. The van der Waals surface area contributed by atoms with Gasteiger partial charge in [-0.2, -0.15) is 5.48 Å². The summed E-state index contributed by atoms with van der Waals surface area (Å²) in [4.78, 5) is 27.7. The number of hydrogen-bond donors (Lipinski definition) is 3. The van der Waals surface area contributed by atoms with Crippen LogP contribution in [0.15, 0.2) is 35.7 Å². The van der Waals surface area contributed by atoms with E-state index in [1.165, 1.54) is 11.3 Å². The second kappa shape index (κ2) is 6.22. The highest BCUT2D eigenvalue weighted by atomic mass is 32.1. The van der Waals surface area contributed by atoms with Gasteiger partial charge in [-0.1, -0.05) is 6.07 Å². The zero-order valence-corrected chi connectivity index (χ0v) is 11.2. The summed E-state index contributed by atoms with van der Waals surface area (Å²) in [5.74, 6) is -2.18. The smallest absolute Gasteiger partial charge is 0.293 e. The zero-order chi connectivity index (χ0) is 15.4. The Morgan fingerprint density at radius 1 is 1.29 bits per heavy atom. The van der Waals surface area contributed by atoms with Gasteiger partial charge in [0.05, 0.1) is 10.8 Å². The maximum absolute atomic E-state index is 11.7. The molecule has 110 valence electrons. The normalized spacial score (nSPS) is 10.0. The molecule has 2 rings (SSSR count). The van der Waals surface area contributed by atoms with Gasteiger partial charge >= 0.3 is 0 Å². The highest BCUT2D eigenvalue weighted by Crippen LogP contribution is 2.27. The maximum atomic E-state index is 11.7. The third kappa shape index (κ3) is 3.48. The summed E-state index contributed by atoms with van der Waals surface area (Å²) < 4.78 is 0. The van der Waals surface area contributed by atoms with Gasteiger partial charge in [-0.15, -0.1) is 16.6 Å². The molecule has 1 aromatic carbocycles. The lowest BCUT2D eigenvalue weighted by molar-refractivity contribution is -0.255. The third-order valence-corrected chi connectivity index (χ3v) is 3.28. The summed E-state index contributed by atoms with van der Waals surface area (Å²) >= 11 is 1.20. The van der Waals surface area contributed by atoms with E-state index in [1.54, 1.807) is 17.5 Å². The molecule has 0 aliphatic rings. The van der Waals surface area contributed by atoms with E-state index in [4.69, 9.17) is 15.3 Å². The van der Waals surface area contributed by atoms with Crippen molar-refractivity contribution in [2.24, 2.45) is 0 Å². The second-order valence-corrected chi connectivity index (χ2v) is 4.72. The van der Waals surface area contributed by atoms with Crippen LogP contribution in [0.3, 0.4) is 0 Å². The van der Waals surface area contributed by atoms with E-state index in [0.717, 1.165) is 18.2 Å². The van der Waals surface area contributed by atoms with Crippen molar-refractivity contribution in [3.63, 3.8) is 0 Å². The van der Waals surface area contributed by atoms with E-state index in [9.17, 15) is 14.7 Å². The number of anilines is 1. The summed E-state index contributed by atoms with van der Waals surface area (Å²) in [5, 5.41) is 30.2. The molecule has 9 heteroatoms. The Labute approximate surface area is 122 Å². The second-order valence-electron chi connectivity index (χ2n) is 3.77. The molecule has 0 aliphatic carbocycles. The van der Waals surface area contributed by atoms with Crippen molar-refractivity contribution in [3.05, 3.63) is 46.2 Å². The number of thiophene rings is 1. The number of aromatic carboxylic acids is 1. The lowest BCUT2D eigenvalue weighted by atomic mass is 10.2. The molecule has 8 nitrogen and oxygen atoms in total. The van der Waals surface area contributed by atoms with Crippen molar-refractivity contribution in [2.45, 2.75) is 0 Å².